The minimum Gasteiger partial charge on any atom is -0.489 e. The summed E-state index contributed by atoms with van der Waals surface area (Å²) in [5, 5.41) is 6.86. The van der Waals surface area contributed by atoms with E-state index >= 15 is 0 Å². The van der Waals surface area contributed by atoms with E-state index in [1.54, 1.807) is 6.07 Å². The second-order valence-corrected chi connectivity index (χ2v) is 8.25. The molecule has 0 spiro atoms. The van der Waals surface area contributed by atoms with Crippen LogP contribution < -0.4 is 14.8 Å². The molecule has 1 amide bonds. The molecule has 0 bridgehead atoms. The number of amides is 1. The number of carbonyl (C=O) groups is 1. The van der Waals surface area contributed by atoms with Gasteiger partial charge >= 0.3 is 0 Å². The summed E-state index contributed by atoms with van der Waals surface area (Å²) >= 11 is 0. The number of ether oxygens (including phenoxy) is 2. The van der Waals surface area contributed by atoms with Crippen molar-refractivity contribution in [2.45, 2.75) is 40.0 Å². The molecular formula is C28H27FN2O4. The van der Waals surface area contributed by atoms with Gasteiger partial charge in [-0.05, 0) is 66.9 Å². The number of rotatable bonds is 10. The second-order valence-electron chi connectivity index (χ2n) is 8.25. The number of carbonyl (C=O) groups excluding carboxylic acids is 1. The standard InChI is InChI=1S/C28H27FN2O4/c1-19-27(20(2)35-31-19)18-34-26-10-6-21(7-11-26)15-28(32)30-16-22-8-12-25(13-9-22)33-17-23-4-3-5-24(29)14-23/h3-14H,15-18H2,1-2H3,(H,30,32). The Morgan fingerprint density at radius 2 is 1.54 bits per heavy atom. The zero-order chi connectivity index (χ0) is 24.6. The Hall–Kier alpha value is -4.13. The van der Waals surface area contributed by atoms with Crippen molar-refractivity contribution in [2.24, 2.45) is 0 Å². The molecule has 4 aromatic rings. The highest BCUT2D eigenvalue weighted by atomic mass is 19.1. The van der Waals surface area contributed by atoms with Gasteiger partial charge in [0, 0.05) is 6.54 Å². The zero-order valence-electron chi connectivity index (χ0n) is 19.7. The molecular weight excluding hydrogens is 447 g/mol. The van der Waals surface area contributed by atoms with Gasteiger partial charge in [0.2, 0.25) is 5.91 Å². The molecule has 0 fully saturated rings. The highest BCUT2D eigenvalue weighted by Gasteiger charge is 2.10. The Labute approximate surface area is 203 Å². The van der Waals surface area contributed by atoms with Gasteiger partial charge in [-0.3, -0.25) is 4.79 Å². The SMILES string of the molecule is Cc1noc(C)c1COc1ccc(CC(=O)NCc2ccc(OCc3cccc(F)c3)cc2)cc1. The van der Waals surface area contributed by atoms with Crippen molar-refractivity contribution in [2.75, 3.05) is 0 Å². The molecule has 0 saturated carbocycles. The minimum absolute atomic E-state index is 0.0687. The van der Waals surface area contributed by atoms with Gasteiger partial charge in [-0.15, -0.1) is 0 Å². The number of hydrogen-bond donors (Lipinski definition) is 1. The van der Waals surface area contributed by atoms with Crippen molar-refractivity contribution >= 4 is 5.91 Å². The first kappa shape index (κ1) is 24.0. The predicted octanol–water partition coefficient (Wildman–Crippen LogP) is 5.45. The molecule has 1 N–H and O–H groups in total. The van der Waals surface area contributed by atoms with Crippen LogP contribution in [0.3, 0.4) is 0 Å². The lowest BCUT2D eigenvalue weighted by Crippen LogP contribution is -2.24. The van der Waals surface area contributed by atoms with E-state index in [9.17, 15) is 9.18 Å². The molecule has 1 aromatic heterocycles. The number of aromatic nitrogens is 1. The maximum absolute atomic E-state index is 13.3. The van der Waals surface area contributed by atoms with Crippen molar-refractivity contribution in [3.05, 3.63) is 112 Å². The second kappa shape index (κ2) is 11.3. The fourth-order valence-corrected chi connectivity index (χ4v) is 3.51. The summed E-state index contributed by atoms with van der Waals surface area (Å²) in [6.45, 7) is 4.83. The number of benzene rings is 3. The van der Waals surface area contributed by atoms with Crippen molar-refractivity contribution < 1.29 is 23.2 Å². The van der Waals surface area contributed by atoms with Crippen LogP contribution in [0.1, 0.15) is 33.7 Å². The molecule has 3 aromatic carbocycles. The van der Waals surface area contributed by atoms with Crippen molar-refractivity contribution in [3.8, 4) is 11.5 Å². The van der Waals surface area contributed by atoms with Crippen LogP contribution in [0.2, 0.25) is 0 Å². The predicted molar refractivity (Wildman–Crippen MR) is 129 cm³/mol. The summed E-state index contributed by atoms with van der Waals surface area (Å²) in [5.41, 5.74) is 4.38. The van der Waals surface area contributed by atoms with Crippen LogP contribution in [0, 0.1) is 19.7 Å². The number of aryl methyl sites for hydroxylation is 2. The van der Waals surface area contributed by atoms with Gasteiger partial charge in [0.25, 0.3) is 0 Å². The van der Waals surface area contributed by atoms with E-state index in [0.717, 1.165) is 33.7 Å². The highest BCUT2D eigenvalue weighted by Crippen LogP contribution is 2.18. The Kier molecular flexibility index (Phi) is 7.77. The first-order valence-corrected chi connectivity index (χ1v) is 11.3. The topological polar surface area (TPSA) is 73.6 Å². The van der Waals surface area contributed by atoms with Crippen LogP contribution in [0.4, 0.5) is 4.39 Å². The fourth-order valence-electron chi connectivity index (χ4n) is 3.51. The van der Waals surface area contributed by atoms with Gasteiger partial charge < -0.3 is 19.3 Å². The van der Waals surface area contributed by atoms with E-state index in [1.807, 2.05) is 68.4 Å². The molecule has 35 heavy (non-hydrogen) atoms. The molecule has 4 rings (SSSR count). The third-order valence-electron chi connectivity index (χ3n) is 5.56. The van der Waals surface area contributed by atoms with E-state index in [1.165, 1.54) is 12.1 Å². The van der Waals surface area contributed by atoms with Gasteiger partial charge in [0.05, 0.1) is 17.7 Å². The number of hydrogen-bond acceptors (Lipinski definition) is 5. The molecule has 0 aliphatic heterocycles. The van der Waals surface area contributed by atoms with Crippen LogP contribution in [0.25, 0.3) is 0 Å². The summed E-state index contributed by atoms with van der Waals surface area (Å²) in [6.07, 6.45) is 0.277. The molecule has 1 heterocycles. The molecule has 0 radical (unpaired) electrons. The Morgan fingerprint density at radius 1 is 0.886 bits per heavy atom. The monoisotopic (exact) mass is 474 g/mol. The first-order valence-electron chi connectivity index (χ1n) is 11.3. The lowest BCUT2D eigenvalue weighted by atomic mass is 10.1. The maximum atomic E-state index is 13.3. The first-order chi connectivity index (χ1) is 17.0. The van der Waals surface area contributed by atoms with Crippen LogP contribution in [0.5, 0.6) is 11.5 Å². The average molecular weight is 475 g/mol. The summed E-state index contributed by atoms with van der Waals surface area (Å²) in [7, 11) is 0. The molecule has 0 aliphatic carbocycles. The molecule has 0 aliphatic rings. The summed E-state index contributed by atoms with van der Waals surface area (Å²) in [5.74, 6) is 1.80. The van der Waals surface area contributed by atoms with Crippen LogP contribution in [-0.4, -0.2) is 11.1 Å². The molecule has 7 heteroatoms. The summed E-state index contributed by atoms with van der Waals surface area (Å²) in [4.78, 5) is 12.4. The van der Waals surface area contributed by atoms with Crippen molar-refractivity contribution in [1.29, 1.82) is 0 Å². The van der Waals surface area contributed by atoms with E-state index in [0.29, 0.717) is 24.7 Å². The average Bonchev–Trinajstić information content (AvgIpc) is 3.18. The van der Waals surface area contributed by atoms with Gasteiger partial charge in [0.1, 0.15) is 36.3 Å². The number of nitrogens with one attached hydrogen (secondary N) is 1. The van der Waals surface area contributed by atoms with Crippen LogP contribution >= 0.6 is 0 Å². The van der Waals surface area contributed by atoms with Gasteiger partial charge in [-0.25, -0.2) is 4.39 Å². The summed E-state index contributed by atoms with van der Waals surface area (Å²) in [6, 6.07) is 21.2. The fraction of sp³-hybridized carbons (Fsp3) is 0.214. The molecule has 0 saturated heterocycles. The molecule has 0 unspecified atom stereocenters. The largest absolute Gasteiger partial charge is 0.489 e. The Balaban J connectivity index is 1.20. The smallest absolute Gasteiger partial charge is 0.224 e. The third kappa shape index (κ3) is 6.93. The van der Waals surface area contributed by atoms with E-state index < -0.39 is 0 Å². The van der Waals surface area contributed by atoms with Gasteiger partial charge in [-0.2, -0.15) is 0 Å². The van der Waals surface area contributed by atoms with Gasteiger partial charge in [-0.1, -0.05) is 41.6 Å². The van der Waals surface area contributed by atoms with E-state index in [4.69, 9.17) is 14.0 Å². The van der Waals surface area contributed by atoms with E-state index in [2.05, 4.69) is 10.5 Å². The third-order valence-corrected chi connectivity index (χ3v) is 5.56. The van der Waals surface area contributed by atoms with Gasteiger partial charge in [0.15, 0.2) is 0 Å². The van der Waals surface area contributed by atoms with Crippen LogP contribution in [-0.2, 0) is 31.0 Å². The lowest BCUT2D eigenvalue weighted by Gasteiger charge is -2.09. The van der Waals surface area contributed by atoms with E-state index in [-0.39, 0.29) is 24.8 Å². The Bertz CT molecular complexity index is 1250. The summed E-state index contributed by atoms with van der Waals surface area (Å²) < 4.78 is 29.9. The Morgan fingerprint density at radius 3 is 2.17 bits per heavy atom. The quantitative estimate of drug-likeness (QED) is 0.331. The molecule has 180 valence electrons. The zero-order valence-corrected chi connectivity index (χ0v) is 19.7. The van der Waals surface area contributed by atoms with Crippen molar-refractivity contribution in [3.63, 3.8) is 0 Å². The van der Waals surface area contributed by atoms with Crippen molar-refractivity contribution in [1.82, 2.24) is 10.5 Å². The molecule has 6 nitrogen and oxygen atoms in total. The van der Waals surface area contributed by atoms with Crippen LogP contribution in [0.15, 0.2) is 77.3 Å². The number of nitrogens with zero attached hydrogens (tertiary/aromatic N) is 1. The number of halogens is 1. The minimum atomic E-state index is -0.283. The molecule has 0 atom stereocenters. The lowest BCUT2D eigenvalue weighted by molar-refractivity contribution is -0.120. The highest BCUT2D eigenvalue weighted by molar-refractivity contribution is 5.78. The normalized spacial score (nSPS) is 10.7. The maximum Gasteiger partial charge on any atom is 0.224 e.